The maximum Gasteiger partial charge on any atom is 0.0932 e. The molecule has 0 aliphatic rings. The second kappa shape index (κ2) is 5.95. The number of aryl methyl sites for hydroxylation is 1. The Morgan fingerprint density at radius 3 is 2.76 bits per heavy atom. The van der Waals surface area contributed by atoms with E-state index in [1.165, 1.54) is 0 Å². The lowest BCUT2D eigenvalue weighted by Gasteiger charge is -1.96. The lowest BCUT2D eigenvalue weighted by Crippen LogP contribution is -1.84. The van der Waals surface area contributed by atoms with Gasteiger partial charge in [-0.2, -0.15) is 5.26 Å². The molecule has 17 heavy (non-hydrogen) atoms. The Hall–Kier alpha value is -1.18. The Labute approximate surface area is 113 Å². The topological polar surface area (TPSA) is 36.7 Å². The predicted molar refractivity (Wildman–Crippen MR) is 73.8 cm³/mol. The molecule has 0 saturated heterocycles. The van der Waals surface area contributed by atoms with Gasteiger partial charge < -0.3 is 0 Å². The van der Waals surface area contributed by atoms with Crippen LogP contribution in [0.5, 0.6) is 0 Å². The summed E-state index contributed by atoms with van der Waals surface area (Å²) in [5.41, 5.74) is 2.16. The number of thiazole rings is 1. The monoisotopic (exact) mass is 306 g/mol. The van der Waals surface area contributed by atoms with Gasteiger partial charge in [0.05, 0.1) is 16.8 Å². The average molecular weight is 307 g/mol. The van der Waals surface area contributed by atoms with E-state index in [9.17, 15) is 0 Å². The fraction of sp³-hybridized carbons (Fsp3) is 0.231. The van der Waals surface area contributed by atoms with E-state index in [1.54, 1.807) is 11.3 Å². The van der Waals surface area contributed by atoms with Gasteiger partial charge in [0.1, 0.15) is 0 Å². The van der Waals surface area contributed by atoms with E-state index in [2.05, 4.69) is 44.5 Å². The number of aromatic nitrogens is 1. The summed E-state index contributed by atoms with van der Waals surface area (Å²) >= 11 is 5.08. The van der Waals surface area contributed by atoms with Crippen molar-refractivity contribution < 1.29 is 0 Å². The van der Waals surface area contributed by atoms with Crippen molar-refractivity contribution in [3.63, 3.8) is 0 Å². The van der Waals surface area contributed by atoms with E-state index in [4.69, 9.17) is 5.26 Å². The number of rotatable bonds is 4. The highest BCUT2D eigenvalue weighted by atomic mass is 79.9. The van der Waals surface area contributed by atoms with Gasteiger partial charge in [-0.25, -0.2) is 4.98 Å². The summed E-state index contributed by atoms with van der Waals surface area (Å²) in [5.74, 6) is 0. The minimum Gasteiger partial charge on any atom is -0.241 e. The van der Waals surface area contributed by atoms with Crippen molar-refractivity contribution >= 4 is 27.3 Å². The number of benzene rings is 1. The summed E-state index contributed by atoms with van der Waals surface area (Å²) in [5, 5.41) is 11.7. The largest absolute Gasteiger partial charge is 0.241 e. The number of hydrogen-bond donors (Lipinski definition) is 0. The molecule has 0 N–H and O–H groups in total. The molecule has 0 amide bonds. The third kappa shape index (κ3) is 3.39. The Kier molecular flexibility index (Phi) is 4.29. The Morgan fingerprint density at radius 1 is 1.29 bits per heavy atom. The summed E-state index contributed by atoms with van der Waals surface area (Å²) in [4.78, 5) is 4.58. The van der Waals surface area contributed by atoms with Gasteiger partial charge in [-0.05, 0) is 18.6 Å². The molecule has 4 heteroatoms. The van der Waals surface area contributed by atoms with Crippen molar-refractivity contribution in [1.82, 2.24) is 4.98 Å². The smallest absolute Gasteiger partial charge is 0.0932 e. The first kappa shape index (κ1) is 12.3. The lowest BCUT2D eigenvalue weighted by molar-refractivity contribution is 0.843. The molecule has 1 aromatic heterocycles. The van der Waals surface area contributed by atoms with E-state index in [0.29, 0.717) is 6.42 Å². The number of nitriles is 1. The van der Waals surface area contributed by atoms with Gasteiger partial charge in [0, 0.05) is 28.3 Å². The minimum atomic E-state index is 0.604. The van der Waals surface area contributed by atoms with Crippen molar-refractivity contribution in [3.05, 3.63) is 39.1 Å². The van der Waals surface area contributed by atoms with Crippen molar-refractivity contribution in [2.45, 2.75) is 19.3 Å². The van der Waals surface area contributed by atoms with Gasteiger partial charge in [-0.15, -0.1) is 11.3 Å². The molecule has 0 aliphatic carbocycles. The van der Waals surface area contributed by atoms with E-state index in [1.807, 2.05) is 12.1 Å². The number of unbranched alkanes of at least 4 members (excludes halogenated alkanes) is 1. The zero-order chi connectivity index (χ0) is 12.1. The second-order valence-electron chi connectivity index (χ2n) is 3.65. The van der Waals surface area contributed by atoms with Crippen LogP contribution in [-0.4, -0.2) is 4.98 Å². The molecule has 0 fully saturated rings. The second-order valence-corrected chi connectivity index (χ2v) is 5.50. The van der Waals surface area contributed by atoms with Crippen LogP contribution >= 0.6 is 27.3 Å². The third-order valence-electron chi connectivity index (χ3n) is 2.37. The summed E-state index contributed by atoms with van der Waals surface area (Å²) in [6.45, 7) is 0. The van der Waals surface area contributed by atoms with Gasteiger partial charge in [0.2, 0.25) is 0 Å². The standard InChI is InChI=1S/C13H11BrN2S/c14-11-6-4-10(5-7-11)12-9-17-13(16-12)3-1-2-8-15/h4-7,9H,1-3H2. The maximum absolute atomic E-state index is 8.48. The first-order valence-electron chi connectivity index (χ1n) is 5.37. The molecule has 0 unspecified atom stereocenters. The summed E-state index contributed by atoms with van der Waals surface area (Å²) < 4.78 is 1.07. The van der Waals surface area contributed by atoms with Gasteiger partial charge >= 0.3 is 0 Å². The van der Waals surface area contributed by atoms with Crippen LogP contribution in [0.25, 0.3) is 11.3 Å². The molecule has 0 atom stereocenters. The molecule has 2 aromatic rings. The predicted octanol–water partition coefficient (Wildman–Crippen LogP) is 4.42. The zero-order valence-corrected chi connectivity index (χ0v) is 11.6. The molecule has 0 aliphatic heterocycles. The van der Waals surface area contributed by atoms with Crippen LogP contribution in [0.3, 0.4) is 0 Å². The van der Waals surface area contributed by atoms with Crippen LogP contribution in [0.1, 0.15) is 17.8 Å². The lowest BCUT2D eigenvalue weighted by atomic mass is 10.2. The van der Waals surface area contributed by atoms with E-state index in [-0.39, 0.29) is 0 Å². The SMILES string of the molecule is N#CCCCc1nc(-c2ccc(Br)cc2)cs1. The molecular formula is C13H11BrN2S. The molecule has 2 nitrogen and oxygen atoms in total. The molecule has 1 aromatic carbocycles. The normalized spacial score (nSPS) is 10.1. The first-order chi connectivity index (χ1) is 8.29. The van der Waals surface area contributed by atoms with Crippen LogP contribution in [0.15, 0.2) is 34.1 Å². The van der Waals surface area contributed by atoms with Crippen molar-refractivity contribution in [1.29, 1.82) is 5.26 Å². The maximum atomic E-state index is 8.48. The van der Waals surface area contributed by atoms with Crippen LogP contribution in [-0.2, 0) is 6.42 Å². The molecule has 0 saturated carbocycles. The van der Waals surface area contributed by atoms with E-state index < -0.39 is 0 Å². The van der Waals surface area contributed by atoms with Gasteiger partial charge in [0.15, 0.2) is 0 Å². The molecule has 86 valence electrons. The van der Waals surface area contributed by atoms with Gasteiger partial charge in [-0.1, -0.05) is 28.1 Å². The Morgan fingerprint density at radius 2 is 2.06 bits per heavy atom. The highest BCUT2D eigenvalue weighted by molar-refractivity contribution is 9.10. The minimum absolute atomic E-state index is 0.604. The number of halogens is 1. The van der Waals surface area contributed by atoms with E-state index >= 15 is 0 Å². The van der Waals surface area contributed by atoms with Crippen LogP contribution < -0.4 is 0 Å². The first-order valence-corrected chi connectivity index (χ1v) is 7.04. The quantitative estimate of drug-likeness (QED) is 0.784. The van der Waals surface area contributed by atoms with Crippen LogP contribution in [0.2, 0.25) is 0 Å². The zero-order valence-electron chi connectivity index (χ0n) is 9.19. The molecule has 2 rings (SSSR count). The summed E-state index contributed by atoms with van der Waals surface area (Å²) in [6, 6.07) is 10.3. The summed E-state index contributed by atoms with van der Waals surface area (Å²) in [6.07, 6.45) is 2.39. The summed E-state index contributed by atoms with van der Waals surface area (Å²) in [7, 11) is 0. The number of nitrogens with zero attached hydrogens (tertiary/aromatic N) is 2. The third-order valence-corrected chi connectivity index (χ3v) is 3.81. The van der Waals surface area contributed by atoms with E-state index in [0.717, 1.165) is 33.6 Å². The van der Waals surface area contributed by atoms with Crippen molar-refractivity contribution in [2.24, 2.45) is 0 Å². The Bertz CT molecular complexity index is 525. The van der Waals surface area contributed by atoms with Crippen molar-refractivity contribution in [2.75, 3.05) is 0 Å². The Balaban J connectivity index is 2.08. The molecule has 1 heterocycles. The molecule has 0 bridgehead atoms. The average Bonchev–Trinajstić information content (AvgIpc) is 2.79. The fourth-order valence-corrected chi connectivity index (χ4v) is 2.61. The molecule has 0 spiro atoms. The number of hydrogen-bond acceptors (Lipinski definition) is 3. The molecule has 0 radical (unpaired) electrons. The highest BCUT2D eigenvalue weighted by Crippen LogP contribution is 2.24. The van der Waals surface area contributed by atoms with Gasteiger partial charge in [0.25, 0.3) is 0 Å². The van der Waals surface area contributed by atoms with Gasteiger partial charge in [-0.3, -0.25) is 0 Å². The fourth-order valence-electron chi connectivity index (χ4n) is 1.50. The van der Waals surface area contributed by atoms with Crippen LogP contribution in [0.4, 0.5) is 0 Å². The van der Waals surface area contributed by atoms with Crippen LogP contribution in [0, 0.1) is 11.3 Å². The highest BCUT2D eigenvalue weighted by Gasteiger charge is 2.04. The molecular weight excluding hydrogens is 296 g/mol. The van der Waals surface area contributed by atoms with Crippen molar-refractivity contribution in [3.8, 4) is 17.3 Å².